The standard InChI is InChI=1S/3C12H8N2.Co/c3*1-3-9-5-6-10-4-2-8-14-12(10)11(9)13-7-1;/h3*1-8H;/q;;;+3. The summed E-state index contributed by atoms with van der Waals surface area (Å²) in [5.41, 5.74) is 5.86. The minimum Gasteiger partial charge on any atom is -0.254 e. The molecule has 3 aromatic carbocycles. The van der Waals surface area contributed by atoms with Crippen LogP contribution in [0.25, 0.3) is 65.4 Å². The van der Waals surface area contributed by atoms with Crippen LogP contribution in [0.3, 0.4) is 0 Å². The quantitative estimate of drug-likeness (QED) is 0.163. The van der Waals surface area contributed by atoms with Gasteiger partial charge >= 0.3 is 16.8 Å². The van der Waals surface area contributed by atoms with Crippen LogP contribution in [0.1, 0.15) is 0 Å². The van der Waals surface area contributed by atoms with Gasteiger partial charge in [0.05, 0.1) is 33.1 Å². The van der Waals surface area contributed by atoms with Gasteiger partial charge in [-0.25, -0.2) is 0 Å². The number of aromatic nitrogens is 6. The predicted molar refractivity (Wildman–Crippen MR) is 171 cm³/mol. The Balaban J connectivity index is 0.000000113. The monoisotopic (exact) mass is 599 g/mol. The Morgan fingerprint density at radius 1 is 0.233 bits per heavy atom. The molecule has 0 bridgehead atoms. The first-order valence-corrected chi connectivity index (χ1v) is 13.6. The van der Waals surface area contributed by atoms with Crippen molar-refractivity contribution in [3.05, 3.63) is 146 Å². The summed E-state index contributed by atoms with van der Waals surface area (Å²) in [4.78, 5) is 26.1. The number of fused-ring (bicyclic) bond motifs is 9. The SMILES string of the molecule is [Co+3].c1cnc2c(c1)ccc1cccnc12.c1cnc2c(c1)ccc1cccnc12.c1cnc2c(c1)ccc1cccnc12. The number of benzene rings is 3. The van der Waals surface area contributed by atoms with Gasteiger partial charge in [-0.05, 0) is 36.4 Å². The summed E-state index contributed by atoms with van der Waals surface area (Å²) < 4.78 is 0. The van der Waals surface area contributed by atoms with Crippen LogP contribution in [0.4, 0.5) is 0 Å². The van der Waals surface area contributed by atoms with E-state index in [9.17, 15) is 0 Å². The van der Waals surface area contributed by atoms with Crippen molar-refractivity contribution in [3.63, 3.8) is 0 Å². The van der Waals surface area contributed by atoms with Gasteiger partial charge in [0.15, 0.2) is 0 Å². The maximum Gasteiger partial charge on any atom is 3.00 e. The fourth-order valence-electron chi connectivity index (χ4n) is 5.04. The van der Waals surface area contributed by atoms with E-state index in [-0.39, 0.29) is 16.8 Å². The van der Waals surface area contributed by atoms with E-state index in [4.69, 9.17) is 0 Å². The van der Waals surface area contributed by atoms with Crippen LogP contribution >= 0.6 is 0 Å². The number of nitrogens with zero attached hydrogens (tertiary/aromatic N) is 6. The number of hydrogen-bond donors (Lipinski definition) is 0. The summed E-state index contributed by atoms with van der Waals surface area (Å²) in [5, 5.41) is 6.83. The molecule has 0 fully saturated rings. The molecule has 0 radical (unpaired) electrons. The molecule has 6 nitrogen and oxygen atoms in total. The fourth-order valence-corrected chi connectivity index (χ4v) is 5.04. The third-order valence-electron chi connectivity index (χ3n) is 7.03. The number of hydrogen-bond acceptors (Lipinski definition) is 6. The van der Waals surface area contributed by atoms with Crippen molar-refractivity contribution in [1.82, 2.24) is 29.9 Å². The van der Waals surface area contributed by atoms with E-state index in [1.54, 1.807) is 37.2 Å². The van der Waals surface area contributed by atoms with Gasteiger partial charge in [0.2, 0.25) is 0 Å². The van der Waals surface area contributed by atoms with Crippen LogP contribution in [0.15, 0.2) is 146 Å². The summed E-state index contributed by atoms with van der Waals surface area (Å²) in [6, 6.07) is 36.4. The van der Waals surface area contributed by atoms with Gasteiger partial charge in [-0.3, -0.25) is 29.9 Å². The minimum atomic E-state index is 0. The van der Waals surface area contributed by atoms with Crippen LogP contribution in [-0.2, 0) is 16.8 Å². The molecule has 7 heteroatoms. The van der Waals surface area contributed by atoms with E-state index >= 15 is 0 Å². The van der Waals surface area contributed by atoms with E-state index in [0.717, 1.165) is 65.4 Å². The maximum absolute atomic E-state index is 4.35. The van der Waals surface area contributed by atoms with Crippen LogP contribution in [0.5, 0.6) is 0 Å². The van der Waals surface area contributed by atoms with E-state index in [1.165, 1.54) is 0 Å². The molecule has 0 aliphatic rings. The average molecular weight is 600 g/mol. The molecule has 9 rings (SSSR count). The Kier molecular flexibility index (Phi) is 8.17. The van der Waals surface area contributed by atoms with Crippen LogP contribution in [0.2, 0.25) is 0 Å². The molecule has 0 spiro atoms. The van der Waals surface area contributed by atoms with Crippen LogP contribution < -0.4 is 0 Å². The molecule has 43 heavy (non-hydrogen) atoms. The van der Waals surface area contributed by atoms with Crippen molar-refractivity contribution in [2.45, 2.75) is 0 Å². The zero-order chi connectivity index (χ0) is 28.1. The second-order valence-electron chi connectivity index (χ2n) is 9.65. The second kappa shape index (κ2) is 12.6. The molecular formula is C36H24CoN6+3. The van der Waals surface area contributed by atoms with Crippen LogP contribution in [0, 0.1) is 0 Å². The number of rotatable bonds is 0. The largest absolute Gasteiger partial charge is 3.00 e. The Morgan fingerprint density at radius 3 is 0.558 bits per heavy atom. The molecule has 0 unspecified atom stereocenters. The molecule has 0 atom stereocenters. The molecule has 204 valence electrons. The molecule has 0 N–H and O–H groups in total. The van der Waals surface area contributed by atoms with Gasteiger partial charge in [0.25, 0.3) is 0 Å². The molecule has 0 aliphatic heterocycles. The molecule has 0 saturated heterocycles. The summed E-state index contributed by atoms with van der Waals surface area (Å²) in [7, 11) is 0. The summed E-state index contributed by atoms with van der Waals surface area (Å²) in [6.45, 7) is 0. The molecule has 6 heterocycles. The first-order valence-electron chi connectivity index (χ1n) is 13.6. The Hall–Kier alpha value is -5.37. The van der Waals surface area contributed by atoms with Crippen molar-refractivity contribution < 1.29 is 16.8 Å². The Labute approximate surface area is 257 Å². The van der Waals surface area contributed by atoms with Gasteiger partial charge < -0.3 is 0 Å². The summed E-state index contributed by atoms with van der Waals surface area (Å²) in [5.74, 6) is 0. The van der Waals surface area contributed by atoms with Crippen molar-refractivity contribution in [3.8, 4) is 0 Å². The van der Waals surface area contributed by atoms with Crippen molar-refractivity contribution in [2.24, 2.45) is 0 Å². The third kappa shape index (κ3) is 5.72. The molecule has 0 saturated carbocycles. The Bertz CT molecular complexity index is 1910. The first-order chi connectivity index (χ1) is 20.8. The zero-order valence-electron chi connectivity index (χ0n) is 22.9. The first kappa shape index (κ1) is 27.8. The Morgan fingerprint density at radius 2 is 0.395 bits per heavy atom. The summed E-state index contributed by atoms with van der Waals surface area (Å²) >= 11 is 0. The maximum atomic E-state index is 4.35. The smallest absolute Gasteiger partial charge is 0.254 e. The predicted octanol–water partition coefficient (Wildman–Crippen LogP) is 8.35. The fraction of sp³-hybridized carbons (Fsp3) is 0. The van der Waals surface area contributed by atoms with Crippen molar-refractivity contribution in [1.29, 1.82) is 0 Å². The summed E-state index contributed by atoms with van der Waals surface area (Å²) in [6.07, 6.45) is 10.8. The zero-order valence-corrected chi connectivity index (χ0v) is 23.9. The number of pyridine rings is 6. The van der Waals surface area contributed by atoms with E-state index < -0.39 is 0 Å². The van der Waals surface area contributed by atoms with E-state index in [1.807, 2.05) is 36.4 Å². The third-order valence-corrected chi connectivity index (χ3v) is 7.03. The normalized spacial score (nSPS) is 10.6. The average Bonchev–Trinajstić information content (AvgIpc) is 3.09. The molecule has 0 aliphatic carbocycles. The molecule has 0 amide bonds. The minimum absolute atomic E-state index is 0. The molecule has 9 aromatic rings. The van der Waals surface area contributed by atoms with Crippen LogP contribution in [-0.4, -0.2) is 29.9 Å². The molecule has 6 aromatic heterocycles. The van der Waals surface area contributed by atoms with Gasteiger partial charge in [0, 0.05) is 69.5 Å². The topological polar surface area (TPSA) is 77.3 Å². The van der Waals surface area contributed by atoms with Gasteiger partial charge in [0.1, 0.15) is 0 Å². The van der Waals surface area contributed by atoms with E-state index in [0.29, 0.717) is 0 Å². The van der Waals surface area contributed by atoms with Crippen molar-refractivity contribution >= 4 is 65.4 Å². The van der Waals surface area contributed by atoms with Gasteiger partial charge in [-0.15, -0.1) is 0 Å². The van der Waals surface area contributed by atoms with Crippen molar-refractivity contribution in [2.75, 3.05) is 0 Å². The second-order valence-corrected chi connectivity index (χ2v) is 9.65. The van der Waals surface area contributed by atoms with Gasteiger partial charge in [-0.1, -0.05) is 72.8 Å². The van der Waals surface area contributed by atoms with E-state index in [2.05, 4.69) is 103 Å². The molecular weight excluding hydrogens is 575 g/mol. The van der Waals surface area contributed by atoms with Gasteiger partial charge in [-0.2, -0.15) is 0 Å².